The van der Waals surface area contributed by atoms with Crippen LogP contribution in [0.25, 0.3) is 0 Å². The molecule has 0 radical (unpaired) electrons. The Bertz CT molecular complexity index is 1540. The molecule has 7 nitrogen and oxygen atoms in total. The lowest BCUT2D eigenvalue weighted by Gasteiger charge is -2.45. The van der Waals surface area contributed by atoms with Crippen LogP contribution in [-0.2, 0) is 28.1 Å². The molecule has 254 valence electrons. The molecule has 3 fully saturated rings. The first-order valence-electron chi connectivity index (χ1n) is 17.5. The molecule has 4 aliphatic rings. The average molecular weight is 669 g/mol. The van der Waals surface area contributed by atoms with Gasteiger partial charge in [0.25, 0.3) is 8.32 Å². The highest BCUT2D eigenvalue weighted by atomic mass is 28.4. The molecule has 0 unspecified atom stereocenters. The largest absolute Gasteiger partial charge is 0.459 e. The van der Waals surface area contributed by atoms with Crippen LogP contribution >= 0.6 is 0 Å². The van der Waals surface area contributed by atoms with Gasteiger partial charge in [0.2, 0.25) is 0 Å². The Hall–Kier alpha value is -3.11. The molecule has 7 rings (SSSR count). The van der Waals surface area contributed by atoms with Crippen molar-refractivity contribution in [1.82, 2.24) is 0 Å². The van der Waals surface area contributed by atoms with E-state index in [1.54, 1.807) is 12.1 Å². The predicted molar refractivity (Wildman–Crippen MR) is 187 cm³/mol. The fourth-order valence-corrected chi connectivity index (χ4v) is 12.8. The van der Waals surface area contributed by atoms with Crippen molar-refractivity contribution in [2.75, 3.05) is 13.2 Å². The molecule has 0 aromatic heterocycles. The topological polar surface area (TPSA) is 72.5 Å². The van der Waals surface area contributed by atoms with Crippen molar-refractivity contribution in [2.45, 2.75) is 101 Å². The Morgan fingerprint density at radius 3 is 2.10 bits per heavy atom. The molecule has 48 heavy (non-hydrogen) atoms. The normalized spacial score (nSPS) is 31.6. The highest BCUT2D eigenvalue weighted by molar-refractivity contribution is 6.99. The van der Waals surface area contributed by atoms with Crippen molar-refractivity contribution in [2.24, 2.45) is 5.92 Å². The number of esters is 1. The Balaban J connectivity index is 1.01. The molecule has 0 amide bonds. The molecule has 3 aromatic carbocycles. The van der Waals surface area contributed by atoms with Crippen LogP contribution in [0.2, 0.25) is 5.04 Å². The molecular formula is C40H48O7Si. The predicted octanol–water partition coefficient (Wildman–Crippen LogP) is 6.55. The number of rotatable bonds is 8. The first kappa shape index (κ1) is 33.4. The van der Waals surface area contributed by atoms with Gasteiger partial charge in [-0.2, -0.15) is 0 Å². The Morgan fingerprint density at radius 2 is 1.46 bits per heavy atom. The van der Waals surface area contributed by atoms with Crippen molar-refractivity contribution < 1.29 is 32.9 Å². The number of carbonyl (C=O) groups excluding carboxylic acids is 1. The van der Waals surface area contributed by atoms with E-state index in [0.717, 1.165) is 19.3 Å². The number of benzene rings is 3. The lowest BCUT2D eigenvalue weighted by Crippen LogP contribution is -2.67. The van der Waals surface area contributed by atoms with Gasteiger partial charge >= 0.3 is 5.97 Å². The van der Waals surface area contributed by atoms with Crippen LogP contribution < -0.4 is 10.4 Å². The van der Waals surface area contributed by atoms with Gasteiger partial charge < -0.3 is 28.1 Å². The Morgan fingerprint density at radius 1 is 0.812 bits per heavy atom. The summed E-state index contributed by atoms with van der Waals surface area (Å²) in [7, 11) is -2.68. The summed E-state index contributed by atoms with van der Waals surface area (Å²) >= 11 is 0. The summed E-state index contributed by atoms with van der Waals surface area (Å²) in [6.45, 7) is 9.77. The molecule has 0 bridgehead atoms. The first-order valence-corrected chi connectivity index (χ1v) is 19.4. The van der Waals surface area contributed by atoms with Crippen molar-refractivity contribution in [3.63, 3.8) is 0 Å². The monoisotopic (exact) mass is 668 g/mol. The molecule has 0 N–H and O–H groups in total. The molecule has 4 aliphatic heterocycles. The molecule has 2 spiro atoms. The molecule has 0 saturated carbocycles. The standard InChI is InChI=1S/C40H48O7Si/c1-29-25-35-36(26-32(44-35)28-43-48(38(2,3)4,33-18-10-6-11-19-33)34-20-12-7-13-21-34)46-40(29)24-23-39(47-40)22-14-17-31(45-39)27-42-37(41)30-15-8-5-9-16-30/h5-16,18-22,29,31-32,35-36H,17,23-28H2,1-4H3/t29-,31-,32+,35-,36-,39-,40+/m0/s1. The zero-order chi connectivity index (χ0) is 33.4. The minimum absolute atomic E-state index is 0.00788. The number of fused-ring (bicyclic) bond motifs is 1. The van der Waals surface area contributed by atoms with Crippen molar-refractivity contribution in [1.29, 1.82) is 0 Å². The summed E-state index contributed by atoms with van der Waals surface area (Å²) in [5.74, 6) is -1.89. The summed E-state index contributed by atoms with van der Waals surface area (Å²) in [6.07, 6.45) is 7.30. The number of ether oxygens (including phenoxy) is 5. The number of hydrogen-bond donors (Lipinski definition) is 0. The second kappa shape index (κ2) is 13.3. The van der Waals surface area contributed by atoms with Crippen LogP contribution in [0.5, 0.6) is 0 Å². The molecule has 4 heterocycles. The van der Waals surface area contributed by atoms with E-state index in [-0.39, 0.29) is 47.9 Å². The quantitative estimate of drug-likeness (QED) is 0.153. The fraction of sp³-hybridized carbons (Fsp3) is 0.475. The van der Waals surface area contributed by atoms with E-state index >= 15 is 0 Å². The van der Waals surface area contributed by atoms with E-state index in [4.69, 9.17) is 28.1 Å². The number of carbonyl (C=O) groups is 1. The molecule has 3 aromatic rings. The number of hydrogen-bond acceptors (Lipinski definition) is 7. The highest BCUT2D eigenvalue weighted by Gasteiger charge is 2.60. The van der Waals surface area contributed by atoms with Crippen molar-refractivity contribution in [3.05, 3.63) is 109 Å². The van der Waals surface area contributed by atoms with Crippen LogP contribution in [0.15, 0.2) is 103 Å². The summed E-state index contributed by atoms with van der Waals surface area (Å²) in [5.41, 5.74) is 0.530. The highest BCUT2D eigenvalue weighted by Crippen LogP contribution is 2.52. The van der Waals surface area contributed by atoms with E-state index in [2.05, 4.69) is 94.4 Å². The third-order valence-electron chi connectivity index (χ3n) is 10.6. The van der Waals surface area contributed by atoms with E-state index in [1.165, 1.54) is 10.4 Å². The maximum absolute atomic E-state index is 12.5. The maximum atomic E-state index is 12.5. The van der Waals surface area contributed by atoms with Gasteiger partial charge in [-0.1, -0.05) is 113 Å². The minimum atomic E-state index is -2.68. The Kier molecular flexibility index (Phi) is 9.26. The SMILES string of the molecule is C[C@H]1C[C@@H]2O[C@@H](CO[Si](c3ccccc3)(c3ccccc3)C(C)(C)C)C[C@@H]2O[C@@]12CC[C@]1(C=CC[C@@H](COC(=O)c3ccccc3)O1)O2. The van der Waals surface area contributed by atoms with Gasteiger partial charge in [-0.25, -0.2) is 4.79 Å². The molecule has 3 saturated heterocycles. The average Bonchev–Trinajstić information content (AvgIpc) is 3.65. The third kappa shape index (κ3) is 6.35. The van der Waals surface area contributed by atoms with Crippen LogP contribution in [0.3, 0.4) is 0 Å². The van der Waals surface area contributed by atoms with Crippen LogP contribution in [0.1, 0.15) is 70.2 Å². The van der Waals surface area contributed by atoms with Gasteiger partial charge in [0.05, 0.1) is 36.6 Å². The second-order valence-corrected chi connectivity index (χ2v) is 19.2. The lowest BCUT2D eigenvalue weighted by molar-refractivity contribution is -0.358. The van der Waals surface area contributed by atoms with E-state index < -0.39 is 19.9 Å². The van der Waals surface area contributed by atoms with Gasteiger partial charge in [-0.05, 0) is 46.5 Å². The van der Waals surface area contributed by atoms with Crippen LogP contribution in [0, 0.1) is 5.92 Å². The van der Waals surface area contributed by atoms with E-state index in [0.29, 0.717) is 25.0 Å². The van der Waals surface area contributed by atoms with Crippen LogP contribution in [0.4, 0.5) is 0 Å². The molecular weight excluding hydrogens is 621 g/mol. The minimum Gasteiger partial charge on any atom is -0.459 e. The van der Waals surface area contributed by atoms with Gasteiger partial charge in [0.15, 0.2) is 11.6 Å². The Labute approximate surface area is 285 Å². The lowest BCUT2D eigenvalue weighted by atomic mass is 9.86. The fourth-order valence-electron chi connectivity index (χ4n) is 8.19. The summed E-state index contributed by atoms with van der Waals surface area (Å²) in [6, 6.07) is 30.5. The van der Waals surface area contributed by atoms with Gasteiger partial charge in [0, 0.05) is 25.2 Å². The second-order valence-electron chi connectivity index (χ2n) is 14.9. The first-order chi connectivity index (χ1) is 23.1. The van der Waals surface area contributed by atoms with Gasteiger partial charge in [-0.3, -0.25) is 0 Å². The summed E-state index contributed by atoms with van der Waals surface area (Å²) in [4.78, 5) is 12.5. The molecule has 8 heteroatoms. The zero-order valence-corrected chi connectivity index (χ0v) is 29.5. The van der Waals surface area contributed by atoms with Gasteiger partial charge in [-0.15, -0.1) is 0 Å². The van der Waals surface area contributed by atoms with Gasteiger partial charge in [0.1, 0.15) is 6.61 Å². The third-order valence-corrected chi connectivity index (χ3v) is 15.6. The maximum Gasteiger partial charge on any atom is 0.338 e. The van der Waals surface area contributed by atoms with E-state index in [9.17, 15) is 4.79 Å². The van der Waals surface area contributed by atoms with Crippen molar-refractivity contribution >= 4 is 24.7 Å². The summed E-state index contributed by atoms with van der Waals surface area (Å²) < 4.78 is 39.8. The smallest absolute Gasteiger partial charge is 0.338 e. The zero-order valence-electron chi connectivity index (χ0n) is 28.5. The van der Waals surface area contributed by atoms with Crippen molar-refractivity contribution in [3.8, 4) is 0 Å². The molecule has 0 aliphatic carbocycles. The van der Waals surface area contributed by atoms with Crippen LogP contribution in [-0.4, -0.2) is 63.5 Å². The van der Waals surface area contributed by atoms with E-state index in [1.807, 2.05) is 24.3 Å². The summed E-state index contributed by atoms with van der Waals surface area (Å²) in [5, 5.41) is 2.43. The molecule has 7 atom stereocenters.